The first kappa shape index (κ1) is 15.0. The summed E-state index contributed by atoms with van der Waals surface area (Å²) >= 11 is 0. The van der Waals surface area contributed by atoms with E-state index in [4.69, 9.17) is 9.47 Å². The minimum Gasteiger partial charge on any atom is -0.497 e. The van der Waals surface area contributed by atoms with Gasteiger partial charge in [0.15, 0.2) is 0 Å². The minimum absolute atomic E-state index is 0.165. The number of nitrogens with one attached hydrogen (secondary N) is 1. The Morgan fingerprint density at radius 1 is 1.22 bits per heavy atom. The number of methoxy groups -OCH3 is 1. The lowest BCUT2D eigenvalue weighted by Crippen LogP contribution is -2.30. The number of rotatable bonds is 8. The van der Waals surface area contributed by atoms with E-state index in [0.29, 0.717) is 13.2 Å². The molecule has 0 bridgehead atoms. The van der Waals surface area contributed by atoms with Gasteiger partial charge < -0.3 is 19.9 Å². The highest BCUT2D eigenvalue weighted by atomic mass is 16.5. The van der Waals surface area contributed by atoms with Gasteiger partial charge in [-0.25, -0.2) is 0 Å². The quantitative estimate of drug-likeness (QED) is 0.741. The van der Waals surface area contributed by atoms with E-state index in [2.05, 4.69) is 5.32 Å². The maximum atomic E-state index is 9.98. The van der Waals surface area contributed by atoms with Crippen LogP contribution >= 0.6 is 0 Å². The number of aliphatic hydroxyl groups excluding tert-OH is 1. The van der Waals surface area contributed by atoms with Gasteiger partial charge in [-0.3, -0.25) is 0 Å². The molecule has 1 rings (SSSR count). The summed E-state index contributed by atoms with van der Waals surface area (Å²) in [6.45, 7) is 5.95. The van der Waals surface area contributed by atoms with Crippen LogP contribution in [0.15, 0.2) is 24.3 Å². The Kier molecular flexibility index (Phi) is 6.72. The van der Waals surface area contributed by atoms with Gasteiger partial charge >= 0.3 is 0 Å². The molecule has 0 aliphatic carbocycles. The average Bonchev–Trinajstić information content (AvgIpc) is 2.39. The predicted octanol–water partition coefficient (Wildman–Crippen LogP) is 1.74. The zero-order valence-corrected chi connectivity index (χ0v) is 11.3. The van der Waals surface area contributed by atoms with Gasteiger partial charge in [-0.1, -0.05) is 12.1 Å². The number of benzene rings is 1. The van der Waals surface area contributed by atoms with E-state index in [1.807, 2.05) is 38.1 Å². The molecule has 0 aliphatic rings. The minimum atomic E-state index is -0.510. The third kappa shape index (κ3) is 5.04. The Bertz CT molecular complexity index is 326. The number of hydrogen-bond donors (Lipinski definition) is 2. The molecule has 18 heavy (non-hydrogen) atoms. The summed E-state index contributed by atoms with van der Waals surface area (Å²) < 4.78 is 10.5. The van der Waals surface area contributed by atoms with Crippen LogP contribution in [0.5, 0.6) is 5.75 Å². The van der Waals surface area contributed by atoms with Crippen molar-refractivity contribution in [1.29, 1.82) is 0 Å². The van der Waals surface area contributed by atoms with Gasteiger partial charge in [0.1, 0.15) is 5.75 Å². The van der Waals surface area contributed by atoms with Crippen molar-refractivity contribution in [3.05, 3.63) is 29.8 Å². The first-order valence-electron chi connectivity index (χ1n) is 6.31. The first-order valence-corrected chi connectivity index (χ1v) is 6.31. The molecular weight excluding hydrogens is 230 g/mol. The van der Waals surface area contributed by atoms with Crippen molar-refractivity contribution < 1.29 is 14.6 Å². The summed E-state index contributed by atoms with van der Waals surface area (Å²) in [5.41, 5.74) is 0.882. The number of hydrogen-bond acceptors (Lipinski definition) is 4. The molecule has 0 aliphatic heterocycles. The van der Waals surface area contributed by atoms with Crippen LogP contribution in [0.4, 0.5) is 0 Å². The summed E-state index contributed by atoms with van der Waals surface area (Å²) in [5, 5.41) is 13.2. The zero-order valence-electron chi connectivity index (χ0n) is 11.3. The highest BCUT2D eigenvalue weighted by molar-refractivity contribution is 5.28. The third-order valence-corrected chi connectivity index (χ3v) is 2.72. The van der Waals surface area contributed by atoms with Crippen molar-refractivity contribution in [2.75, 3.05) is 26.8 Å². The molecule has 4 nitrogen and oxygen atoms in total. The van der Waals surface area contributed by atoms with Gasteiger partial charge in [-0.2, -0.15) is 0 Å². The molecule has 102 valence electrons. The molecule has 0 spiro atoms. The van der Waals surface area contributed by atoms with E-state index >= 15 is 0 Å². The fourth-order valence-electron chi connectivity index (χ4n) is 1.71. The molecular formula is C14H23NO3. The molecule has 2 N–H and O–H groups in total. The van der Waals surface area contributed by atoms with Crippen LogP contribution in [0.3, 0.4) is 0 Å². The second kappa shape index (κ2) is 8.08. The maximum Gasteiger partial charge on any atom is 0.118 e. The Morgan fingerprint density at radius 2 is 1.89 bits per heavy atom. The highest BCUT2D eigenvalue weighted by Gasteiger charge is 2.08. The Balaban J connectivity index is 2.33. The lowest BCUT2D eigenvalue weighted by molar-refractivity contribution is 0.0723. The van der Waals surface area contributed by atoms with E-state index in [1.165, 1.54) is 0 Å². The van der Waals surface area contributed by atoms with Crippen molar-refractivity contribution in [3.8, 4) is 5.75 Å². The first-order chi connectivity index (χ1) is 8.67. The van der Waals surface area contributed by atoms with Gasteiger partial charge in [0.25, 0.3) is 0 Å². The number of aliphatic hydroxyl groups is 1. The summed E-state index contributed by atoms with van der Waals surface area (Å²) in [6.07, 6.45) is -0.345. The molecule has 2 unspecified atom stereocenters. The summed E-state index contributed by atoms with van der Waals surface area (Å²) in [7, 11) is 1.63. The van der Waals surface area contributed by atoms with Gasteiger partial charge in [-0.15, -0.1) is 0 Å². The Hall–Kier alpha value is -1.10. The van der Waals surface area contributed by atoms with Crippen LogP contribution in [0.1, 0.15) is 25.5 Å². The van der Waals surface area contributed by atoms with Crippen molar-refractivity contribution in [3.63, 3.8) is 0 Å². The van der Waals surface area contributed by atoms with Gasteiger partial charge in [0.05, 0.1) is 19.3 Å². The molecule has 0 saturated carbocycles. The smallest absolute Gasteiger partial charge is 0.118 e. The topological polar surface area (TPSA) is 50.7 Å². The molecule has 0 aromatic heterocycles. The van der Waals surface area contributed by atoms with Crippen LogP contribution in [-0.4, -0.2) is 38.0 Å². The van der Waals surface area contributed by atoms with Gasteiger partial charge in [0.2, 0.25) is 0 Å². The maximum absolute atomic E-state index is 9.98. The normalized spacial score (nSPS) is 14.2. The third-order valence-electron chi connectivity index (χ3n) is 2.72. The Labute approximate surface area is 109 Å². The van der Waals surface area contributed by atoms with Gasteiger partial charge in [-0.05, 0) is 31.5 Å². The predicted molar refractivity (Wildman–Crippen MR) is 71.9 cm³/mol. The molecule has 0 saturated heterocycles. The number of ether oxygens (including phenoxy) is 2. The fraction of sp³-hybridized carbons (Fsp3) is 0.571. The van der Waals surface area contributed by atoms with E-state index in [9.17, 15) is 5.11 Å². The summed E-state index contributed by atoms with van der Waals surface area (Å²) in [6, 6.07) is 7.44. The SMILES string of the molecule is CCOC(C)CNCC(O)c1ccc(OC)cc1. The van der Waals surface area contributed by atoms with E-state index in [0.717, 1.165) is 17.9 Å². The molecule has 1 aromatic rings. The monoisotopic (exact) mass is 253 g/mol. The van der Waals surface area contributed by atoms with Crippen LogP contribution < -0.4 is 10.1 Å². The summed E-state index contributed by atoms with van der Waals surface area (Å²) in [5.74, 6) is 0.795. The van der Waals surface area contributed by atoms with Crippen molar-refractivity contribution >= 4 is 0 Å². The lowest BCUT2D eigenvalue weighted by atomic mass is 10.1. The second-order valence-electron chi connectivity index (χ2n) is 4.21. The molecule has 2 atom stereocenters. The Morgan fingerprint density at radius 3 is 2.44 bits per heavy atom. The van der Waals surface area contributed by atoms with Crippen LogP contribution in [0, 0.1) is 0 Å². The highest BCUT2D eigenvalue weighted by Crippen LogP contribution is 2.16. The second-order valence-corrected chi connectivity index (χ2v) is 4.21. The molecule has 0 radical (unpaired) electrons. The van der Waals surface area contributed by atoms with Crippen LogP contribution in [0.25, 0.3) is 0 Å². The molecule has 4 heteroatoms. The van der Waals surface area contributed by atoms with Crippen LogP contribution in [0.2, 0.25) is 0 Å². The van der Waals surface area contributed by atoms with E-state index in [1.54, 1.807) is 7.11 Å². The molecule has 0 heterocycles. The van der Waals surface area contributed by atoms with Crippen molar-refractivity contribution in [2.45, 2.75) is 26.1 Å². The largest absolute Gasteiger partial charge is 0.497 e. The fourth-order valence-corrected chi connectivity index (χ4v) is 1.71. The summed E-state index contributed by atoms with van der Waals surface area (Å²) in [4.78, 5) is 0. The van der Waals surface area contributed by atoms with E-state index < -0.39 is 6.10 Å². The van der Waals surface area contributed by atoms with Crippen LogP contribution in [-0.2, 0) is 4.74 Å². The van der Waals surface area contributed by atoms with E-state index in [-0.39, 0.29) is 6.10 Å². The molecule has 1 aromatic carbocycles. The van der Waals surface area contributed by atoms with Crippen molar-refractivity contribution in [2.24, 2.45) is 0 Å². The van der Waals surface area contributed by atoms with Gasteiger partial charge in [0, 0.05) is 19.7 Å². The lowest BCUT2D eigenvalue weighted by Gasteiger charge is -2.16. The van der Waals surface area contributed by atoms with Crippen molar-refractivity contribution in [1.82, 2.24) is 5.32 Å². The standard InChI is InChI=1S/C14H23NO3/c1-4-18-11(2)9-15-10-14(16)12-5-7-13(17-3)8-6-12/h5-8,11,14-16H,4,9-10H2,1-3H3. The average molecular weight is 253 g/mol. The molecule has 0 amide bonds. The zero-order chi connectivity index (χ0) is 13.4. The molecule has 0 fully saturated rings.